The van der Waals surface area contributed by atoms with Crippen LogP contribution in [0.15, 0.2) is 61.2 Å². The number of hydrogen-bond donors (Lipinski definition) is 0. The first-order valence-corrected chi connectivity index (χ1v) is 11.9. The third-order valence-corrected chi connectivity index (χ3v) is 9.07. The van der Waals surface area contributed by atoms with E-state index in [4.69, 9.17) is 13.9 Å². The van der Waals surface area contributed by atoms with Gasteiger partial charge in [0, 0.05) is 12.1 Å². The van der Waals surface area contributed by atoms with Gasteiger partial charge in [0.2, 0.25) is 8.32 Å². The van der Waals surface area contributed by atoms with E-state index in [1.165, 1.54) is 0 Å². The van der Waals surface area contributed by atoms with E-state index in [0.717, 1.165) is 11.6 Å². The molecule has 0 spiro atoms. The predicted molar refractivity (Wildman–Crippen MR) is 111 cm³/mol. The van der Waals surface area contributed by atoms with E-state index >= 15 is 0 Å². The number of hydrogen-bond acceptors (Lipinski definition) is 4. The van der Waals surface area contributed by atoms with Crippen LogP contribution in [0, 0.1) is 0 Å². The maximum atomic E-state index is 11.7. The van der Waals surface area contributed by atoms with E-state index in [0.29, 0.717) is 23.9 Å². The maximum absolute atomic E-state index is 11.7. The Bertz CT molecular complexity index is 792. The molecule has 0 aromatic heterocycles. The van der Waals surface area contributed by atoms with Gasteiger partial charge in [0.15, 0.2) is 11.5 Å². The number of carbonyl (C=O) groups is 1. The molecule has 0 amide bonds. The number of carbonyl (C=O) groups excluding carboxylic acids is 1. The first-order chi connectivity index (χ1) is 12.6. The van der Waals surface area contributed by atoms with Crippen LogP contribution in [0.4, 0.5) is 0 Å². The molecule has 5 heteroatoms. The van der Waals surface area contributed by atoms with Crippen LogP contribution in [-0.2, 0) is 11.4 Å². The molecule has 0 heterocycles. The minimum atomic E-state index is -2.01. The summed E-state index contributed by atoms with van der Waals surface area (Å²) in [6.45, 7) is 14.7. The van der Waals surface area contributed by atoms with Gasteiger partial charge < -0.3 is 13.9 Å². The van der Waals surface area contributed by atoms with E-state index in [9.17, 15) is 4.79 Å². The highest BCUT2D eigenvalue weighted by atomic mass is 28.4. The summed E-state index contributed by atoms with van der Waals surface area (Å²) in [5.74, 6) is 0.938. The van der Waals surface area contributed by atoms with Gasteiger partial charge >= 0.3 is 5.97 Å². The molecule has 0 aliphatic carbocycles. The van der Waals surface area contributed by atoms with Crippen molar-refractivity contribution in [2.45, 2.75) is 45.5 Å². The molecule has 27 heavy (non-hydrogen) atoms. The summed E-state index contributed by atoms with van der Waals surface area (Å²) in [6, 6.07) is 15.1. The standard InChI is InChI=1S/C22H28O4Si/c1-7-21(23)25-20-15-18(26-27(5,6)22(2,3)4)13-14-19(20)24-16-17-11-9-8-10-12-17/h7-15H,1,16H2,2-6H3. The molecule has 0 saturated heterocycles. The highest BCUT2D eigenvalue weighted by Crippen LogP contribution is 2.39. The molecule has 0 atom stereocenters. The van der Waals surface area contributed by atoms with Crippen LogP contribution in [0.5, 0.6) is 17.2 Å². The molecule has 4 nitrogen and oxygen atoms in total. The van der Waals surface area contributed by atoms with Crippen molar-refractivity contribution in [1.82, 2.24) is 0 Å². The van der Waals surface area contributed by atoms with E-state index in [-0.39, 0.29) is 5.04 Å². The predicted octanol–water partition coefficient (Wildman–Crippen LogP) is 5.74. The van der Waals surface area contributed by atoms with Crippen LogP contribution in [0.3, 0.4) is 0 Å². The Labute approximate surface area is 162 Å². The van der Waals surface area contributed by atoms with Gasteiger partial charge in [-0.2, -0.15) is 0 Å². The fourth-order valence-corrected chi connectivity index (χ4v) is 3.11. The van der Waals surface area contributed by atoms with Gasteiger partial charge in [0.1, 0.15) is 12.4 Å². The Morgan fingerprint density at radius 1 is 1.07 bits per heavy atom. The molecule has 0 fully saturated rings. The van der Waals surface area contributed by atoms with Gasteiger partial charge in [-0.1, -0.05) is 57.7 Å². The Balaban J connectivity index is 2.25. The quantitative estimate of drug-likeness (QED) is 0.264. The molecule has 144 valence electrons. The lowest BCUT2D eigenvalue weighted by atomic mass is 10.2. The van der Waals surface area contributed by atoms with Gasteiger partial charge in [-0.15, -0.1) is 0 Å². The van der Waals surface area contributed by atoms with Crippen LogP contribution >= 0.6 is 0 Å². The smallest absolute Gasteiger partial charge is 0.335 e. The summed E-state index contributed by atoms with van der Waals surface area (Å²) >= 11 is 0. The van der Waals surface area contributed by atoms with Crippen molar-refractivity contribution in [1.29, 1.82) is 0 Å². The number of rotatable bonds is 7. The zero-order valence-electron chi connectivity index (χ0n) is 16.7. The van der Waals surface area contributed by atoms with Crippen LogP contribution in [0.2, 0.25) is 18.1 Å². The van der Waals surface area contributed by atoms with Crippen molar-refractivity contribution in [3.8, 4) is 17.2 Å². The van der Waals surface area contributed by atoms with Crippen molar-refractivity contribution >= 4 is 14.3 Å². The first kappa shape index (κ1) is 20.8. The van der Waals surface area contributed by atoms with E-state index in [2.05, 4.69) is 40.4 Å². The molecule has 0 aliphatic heterocycles. The van der Waals surface area contributed by atoms with Crippen LogP contribution in [0.25, 0.3) is 0 Å². The highest BCUT2D eigenvalue weighted by molar-refractivity contribution is 6.74. The Hall–Kier alpha value is -2.53. The van der Waals surface area contributed by atoms with Crippen LogP contribution in [-0.4, -0.2) is 14.3 Å². The second-order valence-electron chi connectivity index (χ2n) is 7.87. The van der Waals surface area contributed by atoms with Crippen molar-refractivity contribution in [3.05, 3.63) is 66.7 Å². The number of ether oxygens (including phenoxy) is 2. The molecule has 0 aliphatic rings. The Morgan fingerprint density at radius 3 is 2.33 bits per heavy atom. The lowest BCUT2D eigenvalue weighted by molar-refractivity contribution is -0.129. The number of benzene rings is 2. The van der Waals surface area contributed by atoms with E-state index in [1.54, 1.807) is 12.1 Å². The summed E-state index contributed by atoms with van der Waals surface area (Å²) in [5.41, 5.74) is 1.03. The zero-order valence-corrected chi connectivity index (χ0v) is 17.7. The third kappa shape index (κ3) is 5.72. The minimum absolute atomic E-state index is 0.0629. The van der Waals surface area contributed by atoms with Crippen LogP contribution < -0.4 is 13.9 Å². The van der Waals surface area contributed by atoms with Crippen molar-refractivity contribution in [2.75, 3.05) is 0 Å². The van der Waals surface area contributed by atoms with Crippen molar-refractivity contribution in [2.24, 2.45) is 0 Å². The average molecular weight is 385 g/mol. The van der Waals surface area contributed by atoms with Crippen molar-refractivity contribution < 1.29 is 18.7 Å². The molecule has 2 aromatic rings. The van der Waals surface area contributed by atoms with Gasteiger partial charge in [-0.05, 0) is 35.8 Å². The first-order valence-electron chi connectivity index (χ1n) is 8.96. The second kappa shape index (κ2) is 8.44. The summed E-state index contributed by atoms with van der Waals surface area (Å²) in [7, 11) is -2.01. The topological polar surface area (TPSA) is 44.8 Å². The third-order valence-electron chi connectivity index (χ3n) is 4.71. The molecular weight excluding hydrogens is 356 g/mol. The summed E-state index contributed by atoms with van der Waals surface area (Å²) in [5, 5.41) is 0.0629. The van der Waals surface area contributed by atoms with E-state index in [1.807, 2.05) is 36.4 Å². The molecular formula is C22H28O4Si. The van der Waals surface area contributed by atoms with E-state index < -0.39 is 14.3 Å². The molecule has 0 N–H and O–H groups in total. The molecule has 0 bridgehead atoms. The average Bonchev–Trinajstić information content (AvgIpc) is 2.60. The molecule has 2 rings (SSSR count). The molecule has 0 radical (unpaired) electrons. The monoisotopic (exact) mass is 384 g/mol. The molecule has 2 aromatic carbocycles. The lowest BCUT2D eigenvalue weighted by Gasteiger charge is -2.36. The minimum Gasteiger partial charge on any atom is -0.543 e. The van der Waals surface area contributed by atoms with Gasteiger partial charge in [0.05, 0.1) is 0 Å². The van der Waals surface area contributed by atoms with Gasteiger partial charge in [-0.3, -0.25) is 0 Å². The Morgan fingerprint density at radius 2 is 1.74 bits per heavy atom. The van der Waals surface area contributed by atoms with Gasteiger partial charge in [0.25, 0.3) is 0 Å². The van der Waals surface area contributed by atoms with Gasteiger partial charge in [-0.25, -0.2) is 4.79 Å². The fourth-order valence-electron chi connectivity index (χ4n) is 2.08. The summed E-state index contributed by atoms with van der Waals surface area (Å²) in [4.78, 5) is 11.7. The van der Waals surface area contributed by atoms with Crippen molar-refractivity contribution in [3.63, 3.8) is 0 Å². The summed E-state index contributed by atoms with van der Waals surface area (Å²) < 4.78 is 17.5. The Kier molecular flexibility index (Phi) is 6.49. The zero-order chi connectivity index (χ0) is 20.1. The molecule has 0 unspecified atom stereocenters. The SMILES string of the molecule is C=CC(=O)Oc1cc(O[Si](C)(C)C(C)(C)C)ccc1OCc1ccccc1. The normalized spacial score (nSPS) is 11.6. The number of esters is 1. The maximum Gasteiger partial charge on any atom is 0.335 e. The highest BCUT2D eigenvalue weighted by Gasteiger charge is 2.39. The summed E-state index contributed by atoms with van der Waals surface area (Å²) in [6.07, 6.45) is 1.13. The fraction of sp³-hybridized carbons (Fsp3) is 0.318. The second-order valence-corrected chi connectivity index (χ2v) is 12.6. The molecule has 0 saturated carbocycles. The lowest BCUT2D eigenvalue weighted by Crippen LogP contribution is -2.43. The van der Waals surface area contributed by atoms with Crippen LogP contribution in [0.1, 0.15) is 26.3 Å². The largest absolute Gasteiger partial charge is 0.543 e.